The predicted molar refractivity (Wildman–Crippen MR) is 89.2 cm³/mol. The minimum absolute atomic E-state index is 0.00756. The van der Waals surface area contributed by atoms with Crippen molar-refractivity contribution in [1.29, 1.82) is 0 Å². The fraction of sp³-hybridized carbons (Fsp3) is 0.267. The summed E-state index contributed by atoms with van der Waals surface area (Å²) in [5.74, 6) is 1.30. The molecule has 0 atom stereocenters. The maximum atomic E-state index is 12.4. The first-order valence-corrected chi connectivity index (χ1v) is 8.30. The molecule has 0 N–H and O–H groups in total. The number of ether oxygens (including phenoxy) is 2. The minimum atomic E-state index is 0.00756. The van der Waals surface area contributed by atoms with Crippen molar-refractivity contribution >= 4 is 39.7 Å². The molecule has 0 radical (unpaired) electrons. The van der Waals surface area contributed by atoms with Gasteiger partial charge in [0.2, 0.25) is 0 Å². The van der Waals surface area contributed by atoms with E-state index < -0.39 is 0 Å². The molecule has 0 aliphatic carbocycles. The van der Waals surface area contributed by atoms with Crippen LogP contribution in [-0.2, 0) is 0 Å². The molecule has 0 spiro atoms. The highest BCUT2D eigenvalue weighted by atomic mass is 127. The van der Waals surface area contributed by atoms with Crippen molar-refractivity contribution < 1.29 is 14.3 Å². The summed E-state index contributed by atoms with van der Waals surface area (Å²) in [5, 5.41) is 1.88. The minimum Gasteiger partial charge on any atom is -0.490 e. The van der Waals surface area contributed by atoms with E-state index in [1.54, 1.807) is 29.5 Å². The molecule has 3 nitrogen and oxygen atoms in total. The number of rotatable bonds is 6. The highest BCUT2D eigenvalue weighted by Crippen LogP contribution is 2.30. The Balaban J connectivity index is 2.32. The molecule has 1 aromatic carbocycles. The van der Waals surface area contributed by atoms with Gasteiger partial charge in [-0.2, -0.15) is 0 Å². The third-order valence-electron chi connectivity index (χ3n) is 2.64. The number of carbonyl (C=O) groups excluding carboxylic acids is 1. The Morgan fingerprint density at radius 2 is 1.80 bits per heavy atom. The van der Waals surface area contributed by atoms with E-state index in [9.17, 15) is 4.79 Å². The Kier molecular flexibility index (Phi) is 5.42. The lowest BCUT2D eigenvalue weighted by molar-refractivity contribution is 0.103. The van der Waals surface area contributed by atoms with Crippen LogP contribution in [0.5, 0.6) is 11.5 Å². The van der Waals surface area contributed by atoms with Crippen LogP contribution in [0.4, 0.5) is 0 Å². The van der Waals surface area contributed by atoms with Crippen molar-refractivity contribution in [2.75, 3.05) is 13.2 Å². The lowest BCUT2D eigenvalue weighted by atomic mass is 10.1. The number of carbonyl (C=O) groups is 1. The molecule has 0 saturated heterocycles. The molecule has 0 aliphatic heterocycles. The molecular weight excluding hydrogens is 387 g/mol. The molecule has 5 heteroatoms. The van der Waals surface area contributed by atoms with Crippen LogP contribution < -0.4 is 9.47 Å². The van der Waals surface area contributed by atoms with E-state index in [0.717, 1.165) is 2.88 Å². The fourth-order valence-corrected chi connectivity index (χ4v) is 3.11. The number of thiophene rings is 1. The summed E-state index contributed by atoms with van der Waals surface area (Å²) in [6.07, 6.45) is 0. The number of hydrogen-bond donors (Lipinski definition) is 0. The van der Waals surface area contributed by atoms with E-state index in [0.29, 0.717) is 35.8 Å². The Labute approximate surface area is 136 Å². The van der Waals surface area contributed by atoms with Crippen molar-refractivity contribution in [2.24, 2.45) is 0 Å². The van der Waals surface area contributed by atoms with Gasteiger partial charge in [-0.3, -0.25) is 4.79 Å². The maximum absolute atomic E-state index is 12.4. The second kappa shape index (κ2) is 7.08. The van der Waals surface area contributed by atoms with E-state index in [2.05, 4.69) is 22.6 Å². The molecule has 2 rings (SSSR count). The molecule has 0 aliphatic rings. The summed E-state index contributed by atoms with van der Waals surface area (Å²) in [6.45, 7) is 4.93. The van der Waals surface area contributed by atoms with E-state index in [-0.39, 0.29) is 5.78 Å². The van der Waals surface area contributed by atoms with Crippen LogP contribution in [0.3, 0.4) is 0 Å². The SMILES string of the molecule is CCOc1ccc(C(=O)c2csc(I)c2)cc1OCC. The Bertz CT molecular complexity index is 607. The van der Waals surface area contributed by atoms with Gasteiger partial charge in [0, 0.05) is 16.5 Å². The second-order valence-electron chi connectivity index (χ2n) is 4.00. The highest BCUT2D eigenvalue weighted by molar-refractivity contribution is 14.1. The molecule has 1 aromatic heterocycles. The average Bonchev–Trinajstić information content (AvgIpc) is 2.87. The topological polar surface area (TPSA) is 35.5 Å². The Hall–Kier alpha value is -1.08. The number of hydrogen-bond acceptors (Lipinski definition) is 4. The number of ketones is 1. The summed E-state index contributed by atoms with van der Waals surface area (Å²) in [4.78, 5) is 12.4. The molecule has 0 saturated carbocycles. The van der Waals surface area contributed by atoms with Crippen LogP contribution in [0, 0.1) is 2.88 Å². The van der Waals surface area contributed by atoms with Gasteiger partial charge in [0.1, 0.15) is 0 Å². The maximum Gasteiger partial charge on any atom is 0.194 e. The highest BCUT2D eigenvalue weighted by Gasteiger charge is 2.14. The summed E-state index contributed by atoms with van der Waals surface area (Å²) in [6, 6.07) is 7.21. The number of benzene rings is 1. The van der Waals surface area contributed by atoms with Crippen LogP contribution in [0.2, 0.25) is 0 Å². The van der Waals surface area contributed by atoms with Crippen LogP contribution in [0.1, 0.15) is 29.8 Å². The smallest absolute Gasteiger partial charge is 0.194 e. The molecular formula is C15H15IO3S. The molecule has 106 valence electrons. The van der Waals surface area contributed by atoms with Gasteiger partial charge < -0.3 is 9.47 Å². The molecule has 0 unspecified atom stereocenters. The third-order valence-corrected chi connectivity index (χ3v) is 4.42. The largest absolute Gasteiger partial charge is 0.490 e. The monoisotopic (exact) mass is 402 g/mol. The molecule has 0 fully saturated rings. The van der Waals surface area contributed by atoms with Gasteiger partial charge in [0.25, 0.3) is 0 Å². The number of halogens is 1. The molecule has 20 heavy (non-hydrogen) atoms. The third kappa shape index (κ3) is 3.52. The van der Waals surface area contributed by atoms with Gasteiger partial charge in [0.05, 0.1) is 16.1 Å². The molecule has 1 heterocycles. The summed E-state index contributed by atoms with van der Waals surface area (Å²) in [7, 11) is 0. The van der Waals surface area contributed by atoms with Crippen molar-refractivity contribution in [3.05, 3.63) is 43.7 Å². The second-order valence-corrected chi connectivity index (χ2v) is 6.80. The normalized spacial score (nSPS) is 10.3. The van der Waals surface area contributed by atoms with Crippen molar-refractivity contribution in [3.63, 3.8) is 0 Å². The summed E-state index contributed by atoms with van der Waals surface area (Å²) < 4.78 is 12.1. The van der Waals surface area contributed by atoms with E-state index in [1.807, 2.05) is 25.3 Å². The van der Waals surface area contributed by atoms with Gasteiger partial charge in [-0.1, -0.05) is 0 Å². The van der Waals surface area contributed by atoms with Crippen LogP contribution in [0.25, 0.3) is 0 Å². The first-order chi connectivity index (χ1) is 9.65. The zero-order valence-electron chi connectivity index (χ0n) is 11.3. The van der Waals surface area contributed by atoms with Gasteiger partial charge in [-0.05, 0) is 60.7 Å². The first-order valence-electron chi connectivity index (χ1n) is 6.34. The van der Waals surface area contributed by atoms with Crippen LogP contribution in [-0.4, -0.2) is 19.0 Å². The Morgan fingerprint density at radius 1 is 1.10 bits per heavy atom. The van der Waals surface area contributed by atoms with Gasteiger partial charge in [-0.25, -0.2) is 0 Å². The van der Waals surface area contributed by atoms with Crippen molar-refractivity contribution in [3.8, 4) is 11.5 Å². The van der Waals surface area contributed by atoms with Gasteiger partial charge in [-0.15, -0.1) is 11.3 Å². The van der Waals surface area contributed by atoms with E-state index in [4.69, 9.17) is 9.47 Å². The molecule has 2 aromatic rings. The quantitative estimate of drug-likeness (QED) is 0.532. The van der Waals surface area contributed by atoms with Crippen molar-refractivity contribution in [2.45, 2.75) is 13.8 Å². The predicted octanol–water partition coefficient (Wildman–Crippen LogP) is 4.38. The van der Waals surface area contributed by atoms with Crippen LogP contribution in [0.15, 0.2) is 29.6 Å². The summed E-state index contributed by atoms with van der Waals surface area (Å²) >= 11 is 3.77. The first kappa shape index (κ1) is 15.3. The van der Waals surface area contributed by atoms with E-state index >= 15 is 0 Å². The lowest BCUT2D eigenvalue weighted by Gasteiger charge is -2.11. The zero-order chi connectivity index (χ0) is 14.5. The van der Waals surface area contributed by atoms with E-state index in [1.165, 1.54) is 0 Å². The molecule has 0 bridgehead atoms. The molecule has 0 amide bonds. The van der Waals surface area contributed by atoms with Crippen molar-refractivity contribution in [1.82, 2.24) is 0 Å². The lowest BCUT2D eigenvalue weighted by Crippen LogP contribution is -2.03. The standard InChI is InChI=1S/C15H15IO3S/c1-3-18-12-6-5-10(7-13(12)19-4-2)15(17)11-8-14(16)20-9-11/h5-9H,3-4H2,1-2H3. The Morgan fingerprint density at radius 3 is 2.40 bits per heavy atom. The summed E-state index contributed by atoms with van der Waals surface area (Å²) in [5.41, 5.74) is 1.33. The van der Waals surface area contributed by atoms with Crippen LogP contribution >= 0.6 is 33.9 Å². The average molecular weight is 402 g/mol. The van der Waals surface area contributed by atoms with Gasteiger partial charge >= 0.3 is 0 Å². The zero-order valence-corrected chi connectivity index (χ0v) is 14.3. The fourth-order valence-electron chi connectivity index (χ4n) is 1.79. The van der Waals surface area contributed by atoms with Gasteiger partial charge in [0.15, 0.2) is 17.3 Å².